The summed E-state index contributed by atoms with van der Waals surface area (Å²) in [5.74, 6) is -0.628. The Kier molecular flexibility index (Phi) is 2.71. The molecule has 76 valence electrons. The van der Waals surface area contributed by atoms with Gasteiger partial charge in [0, 0.05) is 5.56 Å². The molecular weight excluding hydrogens is 181 g/mol. The first-order valence-electron chi connectivity index (χ1n) is 4.42. The number of carbonyl (C=O) groups excluding carboxylic acids is 1. The van der Waals surface area contributed by atoms with Crippen LogP contribution in [0.15, 0.2) is 18.2 Å². The van der Waals surface area contributed by atoms with Crippen molar-refractivity contribution in [1.29, 1.82) is 0 Å². The minimum atomic E-state index is -0.957. The SMILES string of the molecule is Cc1ccc(C(=O)C(C)(C)N)cc1F. The molecule has 0 atom stereocenters. The molecule has 0 saturated carbocycles. The molecule has 1 aromatic rings. The van der Waals surface area contributed by atoms with Crippen LogP contribution in [0, 0.1) is 12.7 Å². The molecule has 0 unspecified atom stereocenters. The molecule has 0 radical (unpaired) electrons. The highest BCUT2D eigenvalue weighted by atomic mass is 19.1. The van der Waals surface area contributed by atoms with Crippen LogP contribution in [-0.2, 0) is 0 Å². The van der Waals surface area contributed by atoms with Gasteiger partial charge in [-0.15, -0.1) is 0 Å². The average molecular weight is 195 g/mol. The van der Waals surface area contributed by atoms with Crippen molar-refractivity contribution in [3.8, 4) is 0 Å². The number of rotatable bonds is 2. The Balaban J connectivity index is 3.10. The maximum atomic E-state index is 13.1. The van der Waals surface area contributed by atoms with E-state index in [2.05, 4.69) is 0 Å². The molecule has 0 aliphatic carbocycles. The largest absolute Gasteiger partial charge is 0.319 e. The third-order valence-electron chi connectivity index (χ3n) is 2.02. The van der Waals surface area contributed by atoms with Crippen molar-refractivity contribution in [2.24, 2.45) is 5.73 Å². The second-order valence-corrected chi connectivity index (χ2v) is 4.01. The summed E-state index contributed by atoms with van der Waals surface area (Å²) in [5.41, 5.74) is 5.51. The molecule has 2 N–H and O–H groups in total. The van der Waals surface area contributed by atoms with Crippen molar-refractivity contribution in [3.63, 3.8) is 0 Å². The highest BCUT2D eigenvalue weighted by molar-refractivity contribution is 6.02. The van der Waals surface area contributed by atoms with Gasteiger partial charge in [-0.25, -0.2) is 4.39 Å². The van der Waals surface area contributed by atoms with Gasteiger partial charge in [0.05, 0.1) is 5.54 Å². The molecule has 0 fully saturated rings. The van der Waals surface area contributed by atoms with Gasteiger partial charge in [0.15, 0.2) is 5.78 Å². The van der Waals surface area contributed by atoms with E-state index in [4.69, 9.17) is 5.73 Å². The summed E-state index contributed by atoms with van der Waals surface area (Å²) in [7, 11) is 0. The van der Waals surface area contributed by atoms with Crippen LogP contribution in [-0.4, -0.2) is 11.3 Å². The molecule has 14 heavy (non-hydrogen) atoms. The van der Waals surface area contributed by atoms with Crippen LogP contribution in [0.2, 0.25) is 0 Å². The smallest absolute Gasteiger partial charge is 0.182 e. The summed E-state index contributed by atoms with van der Waals surface area (Å²) in [6.45, 7) is 4.86. The van der Waals surface area contributed by atoms with E-state index >= 15 is 0 Å². The van der Waals surface area contributed by atoms with Crippen molar-refractivity contribution in [2.45, 2.75) is 26.3 Å². The van der Waals surface area contributed by atoms with Crippen molar-refractivity contribution in [3.05, 3.63) is 35.1 Å². The zero-order chi connectivity index (χ0) is 10.9. The Labute approximate surface area is 82.9 Å². The molecule has 0 saturated heterocycles. The summed E-state index contributed by atoms with van der Waals surface area (Å²) in [4.78, 5) is 11.6. The van der Waals surface area contributed by atoms with Gasteiger partial charge in [0.2, 0.25) is 0 Å². The molecule has 0 spiro atoms. The number of aryl methyl sites for hydroxylation is 1. The predicted octanol–water partition coefficient (Wildman–Crippen LogP) is 2.05. The van der Waals surface area contributed by atoms with Gasteiger partial charge < -0.3 is 5.73 Å². The zero-order valence-electron chi connectivity index (χ0n) is 8.60. The number of ketones is 1. The molecule has 1 aromatic carbocycles. The van der Waals surface area contributed by atoms with E-state index in [1.165, 1.54) is 6.07 Å². The molecule has 3 heteroatoms. The van der Waals surface area contributed by atoms with E-state index in [-0.39, 0.29) is 11.6 Å². The monoisotopic (exact) mass is 195 g/mol. The first kappa shape index (κ1) is 10.9. The van der Waals surface area contributed by atoms with E-state index in [0.717, 1.165) is 0 Å². The van der Waals surface area contributed by atoms with Gasteiger partial charge in [-0.1, -0.05) is 12.1 Å². The van der Waals surface area contributed by atoms with Gasteiger partial charge in [-0.05, 0) is 32.4 Å². The molecule has 0 heterocycles. The van der Waals surface area contributed by atoms with Gasteiger partial charge in [-0.2, -0.15) is 0 Å². The first-order chi connectivity index (χ1) is 6.32. The second-order valence-electron chi connectivity index (χ2n) is 4.01. The number of Topliss-reactive ketones (excluding diaryl/α,β-unsaturated/α-hetero) is 1. The highest BCUT2D eigenvalue weighted by Gasteiger charge is 2.23. The minimum Gasteiger partial charge on any atom is -0.319 e. The average Bonchev–Trinajstić information content (AvgIpc) is 2.07. The summed E-state index contributed by atoms with van der Waals surface area (Å²) >= 11 is 0. The maximum Gasteiger partial charge on any atom is 0.182 e. The fraction of sp³-hybridized carbons (Fsp3) is 0.364. The second kappa shape index (κ2) is 3.50. The summed E-state index contributed by atoms with van der Waals surface area (Å²) in [6, 6.07) is 4.40. The lowest BCUT2D eigenvalue weighted by Crippen LogP contribution is -2.41. The first-order valence-corrected chi connectivity index (χ1v) is 4.42. The molecule has 0 aromatic heterocycles. The summed E-state index contributed by atoms with van der Waals surface area (Å²) in [6.07, 6.45) is 0. The third kappa shape index (κ3) is 2.17. The third-order valence-corrected chi connectivity index (χ3v) is 2.02. The Morgan fingerprint density at radius 1 is 1.43 bits per heavy atom. The molecule has 0 aliphatic heterocycles. The highest BCUT2D eigenvalue weighted by Crippen LogP contribution is 2.14. The van der Waals surface area contributed by atoms with Gasteiger partial charge in [0.25, 0.3) is 0 Å². The van der Waals surface area contributed by atoms with E-state index in [1.54, 1.807) is 32.9 Å². The Bertz CT molecular complexity index is 366. The maximum absolute atomic E-state index is 13.1. The van der Waals surface area contributed by atoms with Crippen LogP contribution < -0.4 is 5.73 Å². The van der Waals surface area contributed by atoms with Crippen LogP contribution in [0.25, 0.3) is 0 Å². The predicted molar refractivity (Wildman–Crippen MR) is 53.7 cm³/mol. The van der Waals surface area contributed by atoms with E-state index < -0.39 is 5.54 Å². The standard InChI is InChI=1S/C11H14FNO/c1-7-4-5-8(6-9(7)12)10(14)11(2,3)13/h4-6H,13H2,1-3H3. The lowest BCUT2D eigenvalue weighted by atomic mass is 9.94. The molecule has 0 bridgehead atoms. The molecule has 2 nitrogen and oxygen atoms in total. The molecular formula is C11H14FNO. The zero-order valence-corrected chi connectivity index (χ0v) is 8.60. The number of nitrogens with two attached hydrogens (primary N) is 1. The van der Waals surface area contributed by atoms with Gasteiger partial charge in [0.1, 0.15) is 5.82 Å². The van der Waals surface area contributed by atoms with Crippen molar-refractivity contribution < 1.29 is 9.18 Å². The van der Waals surface area contributed by atoms with Crippen LogP contribution >= 0.6 is 0 Å². The van der Waals surface area contributed by atoms with Crippen molar-refractivity contribution in [2.75, 3.05) is 0 Å². The van der Waals surface area contributed by atoms with E-state index in [1.807, 2.05) is 0 Å². The van der Waals surface area contributed by atoms with E-state index in [9.17, 15) is 9.18 Å². The lowest BCUT2D eigenvalue weighted by molar-refractivity contribution is 0.0913. The fourth-order valence-electron chi connectivity index (χ4n) is 1.11. The number of halogens is 1. The Morgan fingerprint density at radius 3 is 2.43 bits per heavy atom. The van der Waals surface area contributed by atoms with Crippen molar-refractivity contribution in [1.82, 2.24) is 0 Å². The molecule has 0 aliphatic rings. The minimum absolute atomic E-state index is 0.253. The number of hydrogen-bond acceptors (Lipinski definition) is 2. The van der Waals surface area contributed by atoms with Crippen LogP contribution in [0.4, 0.5) is 4.39 Å². The number of carbonyl (C=O) groups is 1. The summed E-state index contributed by atoms with van der Waals surface area (Å²) in [5, 5.41) is 0. The Morgan fingerprint density at radius 2 is 2.00 bits per heavy atom. The Hall–Kier alpha value is -1.22. The fourth-order valence-corrected chi connectivity index (χ4v) is 1.11. The quantitative estimate of drug-likeness (QED) is 0.734. The summed E-state index contributed by atoms with van der Waals surface area (Å²) < 4.78 is 13.1. The van der Waals surface area contributed by atoms with Gasteiger partial charge in [-0.3, -0.25) is 4.79 Å². The van der Waals surface area contributed by atoms with Gasteiger partial charge >= 0.3 is 0 Å². The van der Waals surface area contributed by atoms with Crippen molar-refractivity contribution >= 4 is 5.78 Å². The van der Waals surface area contributed by atoms with Crippen LogP contribution in [0.3, 0.4) is 0 Å². The molecule has 0 amide bonds. The molecule has 1 rings (SSSR count). The lowest BCUT2D eigenvalue weighted by Gasteiger charge is -2.16. The topological polar surface area (TPSA) is 43.1 Å². The number of benzene rings is 1. The van der Waals surface area contributed by atoms with E-state index in [0.29, 0.717) is 11.1 Å². The number of hydrogen-bond donors (Lipinski definition) is 1. The van der Waals surface area contributed by atoms with Crippen LogP contribution in [0.1, 0.15) is 29.8 Å². The van der Waals surface area contributed by atoms with Crippen LogP contribution in [0.5, 0.6) is 0 Å². The normalized spacial score (nSPS) is 11.5.